The predicted octanol–water partition coefficient (Wildman–Crippen LogP) is 0.813. The molecule has 0 spiro atoms. The number of fused-ring (bicyclic) bond motifs is 1. The molecule has 94 valence electrons. The van der Waals surface area contributed by atoms with Crippen LogP contribution in [0.4, 0.5) is 13.2 Å². The normalized spacial score (nSPS) is 11.6. The molecule has 0 bridgehead atoms. The maximum Gasteiger partial charge on any atom is 0.573 e. The highest BCUT2D eigenvalue weighted by Gasteiger charge is 2.32. The number of ether oxygens (including phenoxy) is 1. The van der Waals surface area contributed by atoms with Crippen LogP contribution in [0.5, 0.6) is 5.75 Å². The molecule has 0 unspecified atom stereocenters. The smallest absolute Gasteiger partial charge is 0.423 e. The number of rotatable bonds is 2. The standard InChI is InChI=1S/C10H7BF3NO3/c12-10(13,14)18-8-4-3-7(11(16)17)6-2-1-5-15-9(6)8/h1-5,16-17H. The minimum Gasteiger partial charge on any atom is -0.423 e. The van der Waals surface area contributed by atoms with Crippen molar-refractivity contribution in [3.63, 3.8) is 0 Å². The molecule has 0 fully saturated rings. The number of hydrogen-bond acceptors (Lipinski definition) is 4. The van der Waals surface area contributed by atoms with E-state index in [0.717, 1.165) is 12.1 Å². The van der Waals surface area contributed by atoms with Gasteiger partial charge in [-0.05, 0) is 17.6 Å². The van der Waals surface area contributed by atoms with Crippen LogP contribution in [0.2, 0.25) is 0 Å². The Morgan fingerprint density at radius 1 is 1.17 bits per heavy atom. The molecule has 0 aliphatic rings. The number of alkyl halides is 3. The Morgan fingerprint density at radius 2 is 1.89 bits per heavy atom. The highest BCUT2D eigenvalue weighted by atomic mass is 19.4. The van der Waals surface area contributed by atoms with E-state index in [1.165, 1.54) is 18.3 Å². The van der Waals surface area contributed by atoms with E-state index in [-0.39, 0.29) is 16.4 Å². The first-order chi connectivity index (χ1) is 8.38. The monoisotopic (exact) mass is 257 g/mol. The van der Waals surface area contributed by atoms with Crippen LogP contribution in [-0.2, 0) is 0 Å². The lowest BCUT2D eigenvalue weighted by Gasteiger charge is -2.12. The van der Waals surface area contributed by atoms with Crippen molar-refractivity contribution in [2.75, 3.05) is 0 Å². The van der Waals surface area contributed by atoms with Crippen LogP contribution in [-0.4, -0.2) is 28.5 Å². The van der Waals surface area contributed by atoms with E-state index in [1.807, 2.05) is 0 Å². The van der Waals surface area contributed by atoms with Gasteiger partial charge in [-0.15, -0.1) is 13.2 Å². The topological polar surface area (TPSA) is 62.6 Å². The molecule has 0 saturated carbocycles. The fourth-order valence-corrected chi connectivity index (χ4v) is 1.60. The Bertz CT molecular complexity index is 574. The van der Waals surface area contributed by atoms with Gasteiger partial charge in [0.1, 0.15) is 5.52 Å². The molecule has 2 aromatic rings. The molecular weight excluding hydrogens is 250 g/mol. The number of halogens is 3. The van der Waals surface area contributed by atoms with E-state index >= 15 is 0 Å². The lowest BCUT2D eigenvalue weighted by Crippen LogP contribution is -2.30. The summed E-state index contributed by atoms with van der Waals surface area (Å²) >= 11 is 0. The van der Waals surface area contributed by atoms with Crippen molar-refractivity contribution in [3.8, 4) is 5.75 Å². The second kappa shape index (κ2) is 4.47. The molecule has 1 aromatic carbocycles. The first kappa shape index (κ1) is 12.7. The fraction of sp³-hybridized carbons (Fsp3) is 0.100. The summed E-state index contributed by atoms with van der Waals surface area (Å²) in [4.78, 5) is 3.76. The second-order valence-electron chi connectivity index (χ2n) is 3.47. The quantitative estimate of drug-likeness (QED) is 0.781. The molecule has 1 aromatic heterocycles. The van der Waals surface area contributed by atoms with Gasteiger partial charge in [-0.25, -0.2) is 0 Å². The highest BCUT2D eigenvalue weighted by molar-refractivity contribution is 6.62. The van der Waals surface area contributed by atoms with E-state index in [0.29, 0.717) is 0 Å². The summed E-state index contributed by atoms with van der Waals surface area (Å²) in [5.41, 5.74) is -0.0203. The van der Waals surface area contributed by atoms with Crippen LogP contribution in [0.15, 0.2) is 30.5 Å². The van der Waals surface area contributed by atoms with Crippen LogP contribution in [0.25, 0.3) is 10.9 Å². The lowest BCUT2D eigenvalue weighted by molar-refractivity contribution is -0.274. The zero-order valence-electron chi connectivity index (χ0n) is 8.85. The van der Waals surface area contributed by atoms with Gasteiger partial charge in [0.05, 0.1) is 0 Å². The fourth-order valence-electron chi connectivity index (χ4n) is 1.60. The molecule has 1 heterocycles. The van der Waals surface area contributed by atoms with Gasteiger partial charge in [-0.3, -0.25) is 4.98 Å². The van der Waals surface area contributed by atoms with Gasteiger partial charge < -0.3 is 14.8 Å². The third kappa shape index (κ3) is 2.54. The minimum atomic E-state index is -4.83. The third-order valence-corrected chi connectivity index (χ3v) is 2.27. The average Bonchev–Trinajstić information content (AvgIpc) is 2.27. The van der Waals surface area contributed by atoms with Gasteiger partial charge in [-0.1, -0.05) is 12.1 Å². The highest BCUT2D eigenvalue weighted by Crippen LogP contribution is 2.28. The van der Waals surface area contributed by atoms with Crippen molar-refractivity contribution in [1.29, 1.82) is 0 Å². The predicted molar refractivity (Wildman–Crippen MR) is 58.3 cm³/mol. The van der Waals surface area contributed by atoms with Crippen molar-refractivity contribution < 1.29 is 28.0 Å². The summed E-state index contributed by atoms with van der Waals surface area (Å²) < 4.78 is 40.4. The largest absolute Gasteiger partial charge is 0.573 e. The molecule has 18 heavy (non-hydrogen) atoms. The van der Waals surface area contributed by atoms with Crippen LogP contribution >= 0.6 is 0 Å². The number of aromatic nitrogens is 1. The maximum absolute atomic E-state index is 12.2. The summed E-state index contributed by atoms with van der Waals surface area (Å²) in [6, 6.07) is 5.05. The van der Waals surface area contributed by atoms with Crippen molar-refractivity contribution in [1.82, 2.24) is 4.98 Å². The first-order valence-electron chi connectivity index (χ1n) is 4.88. The van der Waals surface area contributed by atoms with Gasteiger partial charge in [0.15, 0.2) is 5.75 Å². The molecule has 4 nitrogen and oxygen atoms in total. The van der Waals surface area contributed by atoms with E-state index in [4.69, 9.17) is 10.0 Å². The molecule has 0 aliphatic heterocycles. The Morgan fingerprint density at radius 3 is 2.50 bits per heavy atom. The van der Waals surface area contributed by atoms with Crippen LogP contribution in [0, 0.1) is 0 Å². The van der Waals surface area contributed by atoms with E-state index < -0.39 is 19.2 Å². The summed E-state index contributed by atoms with van der Waals surface area (Å²) in [6.45, 7) is 0. The van der Waals surface area contributed by atoms with Gasteiger partial charge in [-0.2, -0.15) is 0 Å². The van der Waals surface area contributed by atoms with Gasteiger partial charge >= 0.3 is 13.5 Å². The molecule has 0 amide bonds. The minimum absolute atomic E-state index is 0.0626. The van der Waals surface area contributed by atoms with E-state index in [1.54, 1.807) is 0 Å². The second-order valence-corrected chi connectivity index (χ2v) is 3.47. The summed E-state index contributed by atoms with van der Waals surface area (Å²) in [6.07, 6.45) is -3.54. The molecule has 0 radical (unpaired) electrons. The van der Waals surface area contributed by atoms with Crippen molar-refractivity contribution >= 4 is 23.5 Å². The number of hydrogen-bond donors (Lipinski definition) is 2. The first-order valence-corrected chi connectivity index (χ1v) is 4.88. The average molecular weight is 257 g/mol. The molecule has 2 rings (SSSR count). The van der Waals surface area contributed by atoms with Gasteiger partial charge in [0.2, 0.25) is 0 Å². The van der Waals surface area contributed by atoms with E-state index in [2.05, 4.69) is 9.72 Å². The van der Waals surface area contributed by atoms with Crippen LogP contribution < -0.4 is 10.2 Å². The molecule has 0 saturated heterocycles. The van der Waals surface area contributed by atoms with Crippen molar-refractivity contribution in [2.24, 2.45) is 0 Å². The number of benzene rings is 1. The van der Waals surface area contributed by atoms with Crippen molar-refractivity contribution in [2.45, 2.75) is 6.36 Å². The van der Waals surface area contributed by atoms with Crippen LogP contribution in [0.3, 0.4) is 0 Å². The van der Waals surface area contributed by atoms with Crippen LogP contribution in [0.1, 0.15) is 0 Å². The zero-order chi connectivity index (χ0) is 13.3. The lowest BCUT2D eigenvalue weighted by atomic mass is 9.78. The number of nitrogens with zero attached hydrogens (tertiary/aromatic N) is 1. The summed E-state index contributed by atoms with van der Waals surface area (Å²) in [5.74, 6) is -0.484. The van der Waals surface area contributed by atoms with E-state index in [9.17, 15) is 13.2 Å². The SMILES string of the molecule is OB(O)c1ccc(OC(F)(F)F)c2ncccc12. The Kier molecular flexibility index (Phi) is 3.14. The summed E-state index contributed by atoms with van der Waals surface area (Å²) in [7, 11) is -1.79. The molecule has 0 aliphatic carbocycles. The van der Waals surface area contributed by atoms with Gasteiger partial charge in [0, 0.05) is 11.6 Å². The third-order valence-electron chi connectivity index (χ3n) is 2.27. The molecule has 8 heteroatoms. The molecule has 2 N–H and O–H groups in total. The molecular formula is C10H7BF3NO3. The Balaban J connectivity index is 2.61. The summed E-state index contributed by atoms with van der Waals surface area (Å²) in [5, 5.41) is 18.4. The van der Waals surface area contributed by atoms with Gasteiger partial charge in [0.25, 0.3) is 0 Å². The number of pyridine rings is 1. The zero-order valence-corrected chi connectivity index (χ0v) is 8.85. The Hall–Kier alpha value is -1.80. The molecule has 0 atom stereocenters. The Labute approximate surface area is 99.8 Å². The van der Waals surface area contributed by atoms with Crippen molar-refractivity contribution in [3.05, 3.63) is 30.5 Å². The maximum atomic E-state index is 12.2.